The van der Waals surface area contributed by atoms with E-state index < -0.39 is 0 Å². The second-order valence-corrected chi connectivity index (χ2v) is 3.63. The zero-order valence-electron chi connectivity index (χ0n) is 10.4. The summed E-state index contributed by atoms with van der Waals surface area (Å²) < 4.78 is 10.2. The second kappa shape index (κ2) is 6.39. The van der Waals surface area contributed by atoms with Crippen LogP contribution >= 0.6 is 0 Å². The van der Waals surface area contributed by atoms with Gasteiger partial charge in [0, 0.05) is 0 Å². The normalized spacial score (nSPS) is 9.95. The Balaban J connectivity index is 1.73. The first-order chi connectivity index (χ1) is 9.28. The average molecular weight is 262 g/mol. The van der Waals surface area contributed by atoms with Gasteiger partial charge in [-0.1, -0.05) is 18.2 Å². The van der Waals surface area contributed by atoms with Gasteiger partial charge in [0.1, 0.15) is 5.75 Å². The first kappa shape index (κ1) is 12.9. The number of nitrogens with zero attached hydrogens (tertiary/aromatic N) is 2. The third kappa shape index (κ3) is 3.98. The number of para-hydroxylation sites is 1. The summed E-state index contributed by atoms with van der Waals surface area (Å²) in [5, 5.41) is 8.80. The molecule has 7 heteroatoms. The average Bonchev–Trinajstić information content (AvgIpc) is 2.87. The minimum Gasteiger partial charge on any atom is -0.493 e. The topological polar surface area (TPSA) is 89.1 Å². The van der Waals surface area contributed by atoms with Gasteiger partial charge >= 0.3 is 6.01 Å². The van der Waals surface area contributed by atoms with Crippen LogP contribution in [0.5, 0.6) is 11.8 Å². The highest BCUT2D eigenvalue weighted by Crippen LogP contribution is 2.09. The Morgan fingerprint density at radius 3 is 2.84 bits per heavy atom. The van der Waals surface area contributed by atoms with Gasteiger partial charge < -0.3 is 9.47 Å². The number of methoxy groups -OCH3 is 1. The van der Waals surface area contributed by atoms with Gasteiger partial charge in [-0.3, -0.25) is 10.1 Å². The monoisotopic (exact) mass is 262 g/mol. The van der Waals surface area contributed by atoms with Gasteiger partial charge in [-0.05, 0) is 12.1 Å². The smallest absolute Gasteiger partial charge is 0.336 e. The molecular formula is C12H14N4O3. The van der Waals surface area contributed by atoms with Crippen LogP contribution in [0.1, 0.15) is 6.42 Å². The van der Waals surface area contributed by atoms with Crippen molar-refractivity contribution < 1.29 is 14.3 Å². The highest BCUT2D eigenvalue weighted by Gasteiger charge is 2.07. The largest absolute Gasteiger partial charge is 0.493 e. The maximum Gasteiger partial charge on any atom is 0.336 e. The summed E-state index contributed by atoms with van der Waals surface area (Å²) in [5.41, 5.74) is 0. The lowest BCUT2D eigenvalue weighted by atomic mass is 10.3. The number of rotatable bonds is 6. The van der Waals surface area contributed by atoms with Crippen LogP contribution in [-0.2, 0) is 4.79 Å². The molecule has 2 rings (SSSR count). The first-order valence-corrected chi connectivity index (χ1v) is 5.72. The maximum absolute atomic E-state index is 11.6. The molecule has 2 N–H and O–H groups in total. The van der Waals surface area contributed by atoms with E-state index in [0.717, 1.165) is 5.75 Å². The van der Waals surface area contributed by atoms with E-state index in [1.807, 2.05) is 30.3 Å². The maximum atomic E-state index is 11.6. The number of hydrogen-bond donors (Lipinski definition) is 2. The molecule has 7 nitrogen and oxygen atoms in total. The van der Waals surface area contributed by atoms with Gasteiger partial charge in [0.2, 0.25) is 11.9 Å². The molecule has 100 valence electrons. The van der Waals surface area contributed by atoms with Crippen LogP contribution in [0.4, 0.5) is 5.95 Å². The van der Waals surface area contributed by atoms with Crippen molar-refractivity contribution >= 4 is 11.9 Å². The number of amides is 1. The third-order valence-corrected chi connectivity index (χ3v) is 2.25. The number of H-pyrrole nitrogens is 1. The van der Waals surface area contributed by atoms with E-state index >= 15 is 0 Å². The molecule has 0 saturated heterocycles. The molecule has 0 radical (unpaired) electrons. The molecule has 19 heavy (non-hydrogen) atoms. The number of hydrogen-bond acceptors (Lipinski definition) is 5. The lowest BCUT2D eigenvalue weighted by Crippen LogP contribution is -2.16. The molecule has 0 aliphatic carbocycles. The molecule has 0 aliphatic heterocycles. The van der Waals surface area contributed by atoms with Crippen molar-refractivity contribution in [3.8, 4) is 11.8 Å². The summed E-state index contributed by atoms with van der Waals surface area (Å²) >= 11 is 0. The predicted molar refractivity (Wildman–Crippen MR) is 68.1 cm³/mol. The van der Waals surface area contributed by atoms with Crippen molar-refractivity contribution in [2.24, 2.45) is 0 Å². The Morgan fingerprint density at radius 2 is 2.16 bits per heavy atom. The number of aromatic amines is 1. The SMILES string of the molecule is COc1n[nH]c(NC(=O)CCOc2ccccc2)n1. The molecule has 0 bridgehead atoms. The summed E-state index contributed by atoms with van der Waals surface area (Å²) in [7, 11) is 1.45. The van der Waals surface area contributed by atoms with Crippen LogP contribution in [-0.4, -0.2) is 34.8 Å². The Morgan fingerprint density at radius 1 is 1.37 bits per heavy atom. The summed E-state index contributed by atoms with van der Waals surface area (Å²) in [6.07, 6.45) is 0.220. The number of carbonyl (C=O) groups is 1. The van der Waals surface area contributed by atoms with Crippen molar-refractivity contribution in [1.82, 2.24) is 15.2 Å². The number of aromatic nitrogens is 3. The second-order valence-electron chi connectivity index (χ2n) is 3.63. The standard InChI is InChI=1S/C12H14N4O3/c1-18-12-14-11(15-16-12)13-10(17)7-8-19-9-5-3-2-4-6-9/h2-6H,7-8H2,1H3,(H2,13,14,15,16,17). The van der Waals surface area contributed by atoms with Crippen LogP contribution in [0.15, 0.2) is 30.3 Å². The fraction of sp³-hybridized carbons (Fsp3) is 0.250. The Kier molecular flexibility index (Phi) is 4.33. The number of nitrogens with one attached hydrogen (secondary N) is 2. The van der Waals surface area contributed by atoms with E-state index in [2.05, 4.69) is 20.5 Å². The van der Waals surface area contributed by atoms with Crippen molar-refractivity contribution in [2.45, 2.75) is 6.42 Å². The quantitative estimate of drug-likeness (QED) is 0.817. The fourth-order valence-corrected chi connectivity index (χ4v) is 1.37. The molecule has 0 spiro atoms. The molecule has 0 aliphatic rings. The van der Waals surface area contributed by atoms with Gasteiger partial charge in [-0.2, -0.15) is 4.98 Å². The molecular weight excluding hydrogens is 248 g/mol. The summed E-state index contributed by atoms with van der Waals surface area (Å²) in [6.45, 7) is 0.293. The van der Waals surface area contributed by atoms with Crippen molar-refractivity contribution in [2.75, 3.05) is 19.0 Å². The van der Waals surface area contributed by atoms with E-state index in [4.69, 9.17) is 9.47 Å². The van der Waals surface area contributed by atoms with E-state index in [9.17, 15) is 4.79 Å². The van der Waals surface area contributed by atoms with Crippen molar-refractivity contribution in [3.63, 3.8) is 0 Å². The molecule has 1 amide bonds. The number of anilines is 1. The minimum absolute atomic E-state index is 0.177. The number of carbonyl (C=O) groups excluding carboxylic acids is 1. The lowest BCUT2D eigenvalue weighted by molar-refractivity contribution is -0.116. The lowest BCUT2D eigenvalue weighted by Gasteiger charge is -2.05. The fourth-order valence-electron chi connectivity index (χ4n) is 1.37. The first-order valence-electron chi connectivity index (χ1n) is 5.72. The van der Waals surface area contributed by atoms with Crippen LogP contribution < -0.4 is 14.8 Å². The highest BCUT2D eigenvalue weighted by atomic mass is 16.5. The van der Waals surface area contributed by atoms with Crippen LogP contribution in [0.2, 0.25) is 0 Å². The Hall–Kier alpha value is -2.57. The van der Waals surface area contributed by atoms with E-state index in [1.165, 1.54) is 7.11 Å². The Bertz CT molecular complexity index is 527. The molecule has 0 unspecified atom stereocenters. The molecule has 0 saturated carbocycles. The molecule has 1 heterocycles. The zero-order valence-corrected chi connectivity index (χ0v) is 10.4. The van der Waals surface area contributed by atoms with Crippen LogP contribution in [0.3, 0.4) is 0 Å². The van der Waals surface area contributed by atoms with Crippen LogP contribution in [0.25, 0.3) is 0 Å². The van der Waals surface area contributed by atoms with Crippen LogP contribution in [0, 0.1) is 0 Å². The predicted octanol–water partition coefficient (Wildman–Crippen LogP) is 1.22. The number of benzene rings is 1. The molecule has 0 atom stereocenters. The third-order valence-electron chi connectivity index (χ3n) is 2.25. The minimum atomic E-state index is -0.213. The van der Waals surface area contributed by atoms with Crippen molar-refractivity contribution in [3.05, 3.63) is 30.3 Å². The number of ether oxygens (including phenoxy) is 2. The summed E-state index contributed by atoms with van der Waals surface area (Å²) in [6, 6.07) is 9.48. The van der Waals surface area contributed by atoms with E-state index in [-0.39, 0.29) is 24.3 Å². The van der Waals surface area contributed by atoms with Gasteiger partial charge in [-0.15, -0.1) is 5.10 Å². The van der Waals surface area contributed by atoms with Gasteiger partial charge in [0.05, 0.1) is 20.1 Å². The van der Waals surface area contributed by atoms with Gasteiger partial charge in [-0.25, -0.2) is 5.10 Å². The van der Waals surface area contributed by atoms with E-state index in [0.29, 0.717) is 6.61 Å². The van der Waals surface area contributed by atoms with Crippen molar-refractivity contribution in [1.29, 1.82) is 0 Å². The molecule has 2 aromatic rings. The molecule has 0 fully saturated rings. The highest BCUT2D eigenvalue weighted by molar-refractivity contribution is 5.88. The summed E-state index contributed by atoms with van der Waals surface area (Å²) in [4.78, 5) is 15.5. The molecule has 1 aromatic heterocycles. The van der Waals surface area contributed by atoms with E-state index in [1.54, 1.807) is 0 Å². The zero-order chi connectivity index (χ0) is 13.5. The molecule has 1 aromatic carbocycles. The van der Waals surface area contributed by atoms with Gasteiger partial charge in [0.25, 0.3) is 0 Å². The van der Waals surface area contributed by atoms with Gasteiger partial charge in [0.15, 0.2) is 0 Å². The summed E-state index contributed by atoms with van der Waals surface area (Å²) in [5.74, 6) is 0.771. The Labute approximate surface area is 110 Å².